The molecule has 1 atom stereocenters. The Labute approximate surface area is 163 Å². The molecule has 8 heteroatoms. The molecule has 1 aliphatic heterocycles. The van der Waals surface area contributed by atoms with Gasteiger partial charge in [-0.1, -0.05) is 18.2 Å². The van der Waals surface area contributed by atoms with Crippen LogP contribution < -0.4 is 5.32 Å². The molecule has 2 rings (SSSR count). The molecular formula is C17H23F3IN3O. The normalized spacial score (nSPS) is 18.5. The third kappa shape index (κ3) is 6.18. The molecule has 1 saturated heterocycles. The molecule has 0 amide bonds. The van der Waals surface area contributed by atoms with E-state index in [0.29, 0.717) is 38.3 Å². The Hall–Kier alpha value is -1.29. The van der Waals surface area contributed by atoms with Gasteiger partial charge < -0.3 is 15.0 Å². The second-order valence-electron chi connectivity index (χ2n) is 5.41. The Morgan fingerprint density at radius 1 is 1.48 bits per heavy atom. The van der Waals surface area contributed by atoms with E-state index in [1.807, 2.05) is 11.8 Å². The zero-order valence-electron chi connectivity index (χ0n) is 14.1. The number of nitrogens with zero attached hydrogens (tertiary/aromatic N) is 2. The summed E-state index contributed by atoms with van der Waals surface area (Å²) in [5, 5.41) is 3.19. The van der Waals surface area contributed by atoms with Crippen LogP contribution in [0.3, 0.4) is 0 Å². The standard InChI is InChI=1S/C17H22F3N3O.HI/c1-3-8-22-16(21-4-2)23-9-10-24-15(12-23)13-6-5-7-14(11-13)17(18,19)20;/h3,5-7,11,15H,1,4,8-10,12H2,2H3,(H,21,22);1H. The number of alkyl halides is 3. The lowest BCUT2D eigenvalue weighted by Crippen LogP contribution is -2.48. The van der Waals surface area contributed by atoms with Crippen molar-refractivity contribution >= 4 is 29.9 Å². The molecule has 4 nitrogen and oxygen atoms in total. The van der Waals surface area contributed by atoms with Crippen LogP contribution in [0.4, 0.5) is 13.2 Å². The molecular weight excluding hydrogens is 446 g/mol. The van der Waals surface area contributed by atoms with Crippen molar-refractivity contribution in [3.8, 4) is 0 Å². The highest BCUT2D eigenvalue weighted by atomic mass is 127. The third-order valence-corrected chi connectivity index (χ3v) is 3.66. The molecule has 1 aromatic carbocycles. The van der Waals surface area contributed by atoms with Crippen molar-refractivity contribution in [3.05, 3.63) is 48.0 Å². The van der Waals surface area contributed by atoms with Crippen molar-refractivity contribution in [2.45, 2.75) is 19.2 Å². The molecule has 0 spiro atoms. The topological polar surface area (TPSA) is 36.9 Å². The molecule has 140 valence electrons. The fraction of sp³-hybridized carbons (Fsp3) is 0.471. The average Bonchev–Trinajstić information content (AvgIpc) is 2.58. The van der Waals surface area contributed by atoms with E-state index in [4.69, 9.17) is 4.74 Å². The van der Waals surface area contributed by atoms with E-state index < -0.39 is 17.8 Å². The minimum absolute atomic E-state index is 0. The van der Waals surface area contributed by atoms with Crippen molar-refractivity contribution in [3.63, 3.8) is 0 Å². The summed E-state index contributed by atoms with van der Waals surface area (Å²) < 4.78 is 44.4. The Morgan fingerprint density at radius 3 is 2.88 bits per heavy atom. The van der Waals surface area contributed by atoms with Crippen LogP contribution in [0.1, 0.15) is 24.2 Å². The highest BCUT2D eigenvalue weighted by Crippen LogP contribution is 2.32. The first-order valence-corrected chi connectivity index (χ1v) is 7.88. The summed E-state index contributed by atoms with van der Waals surface area (Å²) in [4.78, 5) is 6.42. The number of guanidine groups is 1. The third-order valence-electron chi connectivity index (χ3n) is 3.66. The van der Waals surface area contributed by atoms with Gasteiger partial charge in [0.1, 0.15) is 6.10 Å². The average molecular weight is 469 g/mol. The van der Waals surface area contributed by atoms with Gasteiger partial charge in [0.2, 0.25) is 0 Å². The number of benzene rings is 1. The Kier molecular flexibility index (Phi) is 8.70. The highest BCUT2D eigenvalue weighted by molar-refractivity contribution is 14.0. The summed E-state index contributed by atoms with van der Waals surface area (Å²) in [6, 6.07) is 5.30. The Balaban J connectivity index is 0.00000312. The number of aliphatic imine (C=N–C) groups is 1. The zero-order chi connectivity index (χ0) is 17.6. The van der Waals surface area contributed by atoms with Crippen LogP contribution in [0.15, 0.2) is 41.9 Å². The predicted molar refractivity (Wildman–Crippen MR) is 103 cm³/mol. The number of morpholine rings is 1. The number of hydrogen-bond acceptors (Lipinski definition) is 2. The molecule has 0 saturated carbocycles. The zero-order valence-corrected chi connectivity index (χ0v) is 16.4. The monoisotopic (exact) mass is 469 g/mol. The van der Waals surface area contributed by atoms with E-state index in [0.717, 1.165) is 18.1 Å². The number of nitrogens with one attached hydrogen (secondary N) is 1. The molecule has 1 aliphatic rings. The van der Waals surface area contributed by atoms with Gasteiger partial charge in [-0.25, -0.2) is 4.99 Å². The molecule has 25 heavy (non-hydrogen) atoms. The van der Waals surface area contributed by atoms with Crippen molar-refractivity contribution in [1.29, 1.82) is 0 Å². The van der Waals surface area contributed by atoms with E-state index in [9.17, 15) is 13.2 Å². The summed E-state index contributed by atoms with van der Waals surface area (Å²) in [6.45, 7) is 8.32. The van der Waals surface area contributed by atoms with Gasteiger partial charge in [-0.3, -0.25) is 0 Å². The van der Waals surface area contributed by atoms with Crippen LogP contribution in [0.2, 0.25) is 0 Å². The van der Waals surface area contributed by atoms with Gasteiger partial charge >= 0.3 is 6.18 Å². The van der Waals surface area contributed by atoms with Gasteiger partial charge in [-0.05, 0) is 24.6 Å². The fourth-order valence-electron chi connectivity index (χ4n) is 2.54. The first-order chi connectivity index (χ1) is 11.5. The first kappa shape index (κ1) is 21.8. The van der Waals surface area contributed by atoms with Crippen LogP contribution in [0, 0.1) is 0 Å². The molecule has 0 bridgehead atoms. The van der Waals surface area contributed by atoms with Crippen molar-refractivity contribution in [2.24, 2.45) is 4.99 Å². The second-order valence-corrected chi connectivity index (χ2v) is 5.41. The quantitative estimate of drug-likeness (QED) is 0.315. The molecule has 1 heterocycles. The van der Waals surface area contributed by atoms with E-state index in [-0.39, 0.29) is 24.0 Å². The SMILES string of the molecule is C=CCN=C(NCC)N1CCOC(c2cccc(C(F)(F)F)c2)C1.I. The summed E-state index contributed by atoms with van der Waals surface area (Å²) in [5.41, 5.74) is -0.137. The van der Waals surface area contributed by atoms with E-state index in [1.165, 1.54) is 6.07 Å². The smallest absolute Gasteiger partial charge is 0.370 e. The van der Waals surface area contributed by atoms with Crippen molar-refractivity contribution < 1.29 is 17.9 Å². The van der Waals surface area contributed by atoms with E-state index in [2.05, 4.69) is 16.9 Å². The first-order valence-electron chi connectivity index (χ1n) is 7.88. The van der Waals surface area contributed by atoms with E-state index in [1.54, 1.807) is 12.1 Å². The van der Waals surface area contributed by atoms with Gasteiger partial charge in [-0.15, -0.1) is 30.6 Å². The summed E-state index contributed by atoms with van der Waals surface area (Å²) in [5.74, 6) is 0.720. The lowest BCUT2D eigenvalue weighted by atomic mass is 10.0. The van der Waals surface area contributed by atoms with Crippen molar-refractivity contribution in [2.75, 3.05) is 32.8 Å². The molecule has 0 aromatic heterocycles. The minimum Gasteiger partial charge on any atom is -0.370 e. The van der Waals surface area contributed by atoms with Gasteiger partial charge in [0.25, 0.3) is 0 Å². The molecule has 0 radical (unpaired) electrons. The maximum absolute atomic E-state index is 12.9. The molecule has 1 N–H and O–H groups in total. The van der Waals surface area contributed by atoms with E-state index >= 15 is 0 Å². The van der Waals surface area contributed by atoms with Gasteiger partial charge in [0.05, 0.1) is 25.3 Å². The van der Waals surface area contributed by atoms with Crippen LogP contribution in [-0.2, 0) is 10.9 Å². The number of ether oxygens (including phenoxy) is 1. The van der Waals surface area contributed by atoms with Crippen LogP contribution in [-0.4, -0.2) is 43.6 Å². The largest absolute Gasteiger partial charge is 0.416 e. The Morgan fingerprint density at radius 2 is 2.24 bits per heavy atom. The van der Waals surface area contributed by atoms with Crippen LogP contribution in [0.5, 0.6) is 0 Å². The minimum atomic E-state index is -4.36. The molecule has 1 unspecified atom stereocenters. The van der Waals surface area contributed by atoms with Gasteiger partial charge in [0, 0.05) is 13.1 Å². The summed E-state index contributed by atoms with van der Waals surface area (Å²) in [7, 11) is 0. The highest BCUT2D eigenvalue weighted by Gasteiger charge is 2.32. The van der Waals surface area contributed by atoms with Gasteiger partial charge in [0.15, 0.2) is 5.96 Å². The fourth-order valence-corrected chi connectivity index (χ4v) is 2.54. The lowest BCUT2D eigenvalue weighted by molar-refractivity contribution is -0.137. The molecule has 1 aromatic rings. The summed E-state index contributed by atoms with van der Waals surface area (Å²) in [6.07, 6.45) is -3.08. The van der Waals surface area contributed by atoms with Crippen LogP contribution >= 0.6 is 24.0 Å². The molecule has 1 fully saturated rings. The summed E-state index contributed by atoms with van der Waals surface area (Å²) >= 11 is 0. The van der Waals surface area contributed by atoms with Gasteiger partial charge in [-0.2, -0.15) is 13.2 Å². The molecule has 0 aliphatic carbocycles. The number of hydrogen-bond donors (Lipinski definition) is 1. The number of halogens is 4. The van der Waals surface area contributed by atoms with Crippen molar-refractivity contribution in [1.82, 2.24) is 10.2 Å². The Bertz CT molecular complexity index is 593. The lowest BCUT2D eigenvalue weighted by Gasteiger charge is -2.35. The maximum Gasteiger partial charge on any atom is 0.416 e. The second kappa shape index (κ2) is 10.0. The number of rotatable bonds is 4. The predicted octanol–water partition coefficient (Wildman–Crippen LogP) is 3.85. The maximum atomic E-state index is 12.9. The van der Waals surface area contributed by atoms with Crippen LogP contribution in [0.25, 0.3) is 0 Å².